The van der Waals surface area contributed by atoms with Gasteiger partial charge in [-0.1, -0.05) is 12.5 Å². The van der Waals surface area contributed by atoms with Crippen LogP contribution in [-0.2, 0) is 6.54 Å². The molecule has 17 heavy (non-hydrogen) atoms. The number of nitrogens with zero attached hydrogens (tertiary/aromatic N) is 2. The molecule has 2 rings (SSSR count). The maximum atomic E-state index is 4.23. The molecule has 0 amide bonds. The summed E-state index contributed by atoms with van der Waals surface area (Å²) in [4.78, 5) is 4.23. The van der Waals surface area contributed by atoms with Gasteiger partial charge in [0.1, 0.15) is 0 Å². The zero-order chi connectivity index (χ0) is 12.3. The van der Waals surface area contributed by atoms with Gasteiger partial charge in [-0.25, -0.2) is 5.01 Å². The van der Waals surface area contributed by atoms with E-state index in [1.54, 1.807) is 0 Å². The highest BCUT2D eigenvalue weighted by Gasteiger charge is 2.23. The number of aryl methyl sites for hydroxylation is 1. The highest BCUT2D eigenvalue weighted by atomic mass is 15.5. The van der Waals surface area contributed by atoms with E-state index in [2.05, 4.69) is 42.3 Å². The van der Waals surface area contributed by atoms with E-state index < -0.39 is 0 Å². The maximum Gasteiger partial charge on any atom is 0.0369 e. The van der Waals surface area contributed by atoms with Crippen molar-refractivity contribution in [3.05, 3.63) is 29.6 Å². The summed E-state index contributed by atoms with van der Waals surface area (Å²) in [6.07, 6.45) is 7.79. The first kappa shape index (κ1) is 12.5. The topological polar surface area (TPSA) is 28.2 Å². The molecule has 94 valence electrons. The van der Waals surface area contributed by atoms with Gasteiger partial charge in [-0.2, -0.15) is 0 Å². The number of hydrogen-bond donors (Lipinski definition) is 1. The molecule has 1 N–H and O–H groups in total. The molecule has 2 atom stereocenters. The van der Waals surface area contributed by atoms with Crippen LogP contribution in [0.2, 0.25) is 0 Å². The quantitative estimate of drug-likeness (QED) is 0.870. The van der Waals surface area contributed by atoms with Gasteiger partial charge in [0.15, 0.2) is 0 Å². The first-order chi connectivity index (χ1) is 8.16. The van der Waals surface area contributed by atoms with Crippen molar-refractivity contribution in [2.75, 3.05) is 0 Å². The van der Waals surface area contributed by atoms with Gasteiger partial charge in [-0.05, 0) is 44.7 Å². The van der Waals surface area contributed by atoms with Crippen LogP contribution < -0.4 is 5.43 Å². The van der Waals surface area contributed by atoms with Gasteiger partial charge in [0.05, 0.1) is 0 Å². The highest BCUT2D eigenvalue weighted by Crippen LogP contribution is 2.20. The molecule has 0 aliphatic carbocycles. The lowest BCUT2D eigenvalue weighted by atomic mass is 10.00. The molecule has 3 nitrogen and oxygen atoms in total. The van der Waals surface area contributed by atoms with E-state index in [-0.39, 0.29) is 0 Å². The first-order valence-corrected chi connectivity index (χ1v) is 6.59. The van der Waals surface area contributed by atoms with Gasteiger partial charge in [0, 0.05) is 31.0 Å². The highest BCUT2D eigenvalue weighted by molar-refractivity contribution is 5.16. The Morgan fingerprint density at radius 2 is 2.00 bits per heavy atom. The monoisotopic (exact) mass is 233 g/mol. The van der Waals surface area contributed by atoms with Gasteiger partial charge in [-0.3, -0.25) is 10.4 Å². The summed E-state index contributed by atoms with van der Waals surface area (Å²) >= 11 is 0. The van der Waals surface area contributed by atoms with Crippen LogP contribution in [-0.4, -0.2) is 22.1 Å². The summed E-state index contributed by atoms with van der Waals surface area (Å²) in [5.41, 5.74) is 6.04. The van der Waals surface area contributed by atoms with E-state index >= 15 is 0 Å². The summed E-state index contributed by atoms with van der Waals surface area (Å²) in [6.45, 7) is 7.57. The van der Waals surface area contributed by atoms with Crippen molar-refractivity contribution in [1.29, 1.82) is 0 Å². The minimum atomic E-state index is 0.636. The molecule has 0 saturated carbocycles. The summed E-state index contributed by atoms with van der Waals surface area (Å²) < 4.78 is 0. The Hall–Kier alpha value is -0.930. The molecule has 1 aromatic heterocycles. The fraction of sp³-hybridized carbons (Fsp3) is 0.643. The Kier molecular flexibility index (Phi) is 4.13. The fourth-order valence-corrected chi connectivity index (χ4v) is 2.63. The lowest BCUT2D eigenvalue weighted by Gasteiger charge is -2.39. The number of hydrazine groups is 1. The third-order valence-corrected chi connectivity index (χ3v) is 3.59. The Morgan fingerprint density at radius 1 is 1.29 bits per heavy atom. The van der Waals surface area contributed by atoms with E-state index in [1.165, 1.54) is 30.4 Å². The summed E-state index contributed by atoms with van der Waals surface area (Å²) in [6, 6.07) is 3.47. The van der Waals surface area contributed by atoms with E-state index in [4.69, 9.17) is 0 Å². The largest absolute Gasteiger partial charge is 0.264 e. The molecule has 0 bridgehead atoms. The predicted molar refractivity (Wildman–Crippen MR) is 70.4 cm³/mol. The van der Waals surface area contributed by atoms with E-state index in [0.29, 0.717) is 12.1 Å². The lowest BCUT2D eigenvalue weighted by Crippen LogP contribution is -2.51. The minimum Gasteiger partial charge on any atom is -0.264 e. The predicted octanol–water partition coefficient (Wildman–Crippen LogP) is 2.66. The molecule has 2 unspecified atom stereocenters. The molecule has 1 aliphatic rings. The van der Waals surface area contributed by atoms with Crippen LogP contribution in [0.1, 0.15) is 44.2 Å². The van der Waals surface area contributed by atoms with Crippen LogP contribution in [0.5, 0.6) is 0 Å². The van der Waals surface area contributed by atoms with E-state index in [9.17, 15) is 0 Å². The second-order valence-corrected chi connectivity index (χ2v) is 5.24. The van der Waals surface area contributed by atoms with Gasteiger partial charge in [0.25, 0.3) is 0 Å². The van der Waals surface area contributed by atoms with Crippen LogP contribution in [0.15, 0.2) is 18.5 Å². The summed E-state index contributed by atoms with van der Waals surface area (Å²) in [5.74, 6) is 0. The third-order valence-electron chi connectivity index (χ3n) is 3.59. The standard InChI is InChI=1S/C14H23N3/c1-11-7-14(9-15-8-11)10-16-17-12(2)5-4-6-13(17)3/h7-9,12-13,16H,4-6,10H2,1-3H3. The van der Waals surface area contributed by atoms with Gasteiger partial charge in [-0.15, -0.1) is 0 Å². The summed E-state index contributed by atoms with van der Waals surface area (Å²) in [5, 5.41) is 2.41. The molecule has 1 aromatic rings. The number of pyridine rings is 1. The van der Waals surface area contributed by atoms with Crippen LogP contribution in [0.3, 0.4) is 0 Å². The Morgan fingerprint density at radius 3 is 2.65 bits per heavy atom. The number of hydrogen-bond acceptors (Lipinski definition) is 3. The molecule has 0 radical (unpaired) electrons. The fourth-order valence-electron chi connectivity index (χ4n) is 2.63. The SMILES string of the molecule is Cc1cncc(CNN2C(C)CCCC2C)c1. The smallest absolute Gasteiger partial charge is 0.0369 e. The van der Waals surface area contributed by atoms with Crippen molar-refractivity contribution in [3.8, 4) is 0 Å². The first-order valence-electron chi connectivity index (χ1n) is 6.59. The Bertz CT molecular complexity index is 354. The zero-order valence-corrected chi connectivity index (χ0v) is 11.1. The van der Waals surface area contributed by atoms with Gasteiger partial charge < -0.3 is 0 Å². The van der Waals surface area contributed by atoms with Crippen LogP contribution in [0, 0.1) is 6.92 Å². The second-order valence-electron chi connectivity index (χ2n) is 5.24. The molecule has 1 aliphatic heterocycles. The van der Waals surface area contributed by atoms with Crippen molar-refractivity contribution in [3.63, 3.8) is 0 Å². The minimum absolute atomic E-state index is 0.636. The normalized spacial score (nSPS) is 26.1. The molecule has 2 heterocycles. The molecule has 0 spiro atoms. The maximum absolute atomic E-state index is 4.23. The van der Waals surface area contributed by atoms with Crippen molar-refractivity contribution < 1.29 is 0 Å². The number of piperidine rings is 1. The van der Waals surface area contributed by atoms with E-state index in [0.717, 1.165) is 6.54 Å². The van der Waals surface area contributed by atoms with Crippen LogP contribution in [0.25, 0.3) is 0 Å². The van der Waals surface area contributed by atoms with Gasteiger partial charge >= 0.3 is 0 Å². The molecule has 1 fully saturated rings. The van der Waals surface area contributed by atoms with Crippen molar-refractivity contribution >= 4 is 0 Å². The number of nitrogens with one attached hydrogen (secondary N) is 1. The lowest BCUT2D eigenvalue weighted by molar-refractivity contribution is 0.0435. The molecular formula is C14H23N3. The van der Waals surface area contributed by atoms with Crippen molar-refractivity contribution in [1.82, 2.24) is 15.4 Å². The molecule has 1 saturated heterocycles. The Balaban J connectivity index is 1.92. The second kappa shape index (κ2) is 5.61. The number of aromatic nitrogens is 1. The molecule has 3 heteroatoms. The van der Waals surface area contributed by atoms with Crippen LogP contribution in [0.4, 0.5) is 0 Å². The third kappa shape index (κ3) is 3.27. The number of rotatable bonds is 3. The average Bonchev–Trinajstić information content (AvgIpc) is 2.28. The van der Waals surface area contributed by atoms with Crippen molar-refractivity contribution in [2.24, 2.45) is 0 Å². The zero-order valence-electron chi connectivity index (χ0n) is 11.1. The van der Waals surface area contributed by atoms with Crippen molar-refractivity contribution in [2.45, 2.75) is 58.7 Å². The molecule has 0 aromatic carbocycles. The average molecular weight is 233 g/mol. The summed E-state index contributed by atoms with van der Waals surface area (Å²) in [7, 11) is 0. The van der Waals surface area contributed by atoms with Gasteiger partial charge in [0.2, 0.25) is 0 Å². The molecular weight excluding hydrogens is 210 g/mol. The van der Waals surface area contributed by atoms with E-state index in [1.807, 2.05) is 12.4 Å². The van der Waals surface area contributed by atoms with Crippen LogP contribution >= 0.6 is 0 Å². The Labute approximate surface area is 104 Å².